The normalized spacial score (nSPS) is 18.4. The molecule has 2 aliphatic heterocycles. The Morgan fingerprint density at radius 3 is 2.50 bits per heavy atom. The summed E-state index contributed by atoms with van der Waals surface area (Å²) in [6, 6.07) is 22.8. The van der Waals surface area contributed by atoms with Crippen LogP contribution >= 0.6 is 0 Å². The van der Waals surface area contributed by atoms with E-state index < -0.39 is 0 Å². The molecule has 0 unspecified atom stereocenters. The Bertz CT molecular complexity index is 1170. The molecule has 0 fully saturated rings. The number of fused-ring (bicyclic) bond motifs is 1. The van der Waals surface area contributed by atoms with E-state index in [2.05, 4.69) is 48.2 Å². The molecule has 1 atom stereocenters. The van der Waals surface area contributed by atoms with Gasteiger partial charge in [-0.15, -0.1) is 0 Å². The van der Waals surface area contributed by atoms with Crippen LogP contribution in [0.15, 0.2) is 77.9 Å². The second-order valence-corrected chi connectivity index (χ2v) is 8.60. The second kappa shape index (κ2) is 8.67. The van der Waals surface area contributed by atoms with E-state index in [9.17, 15) is 9.18 Å². The van der Waals surface area contributed by atoms with Crippen molar-refractivity contribution < 1.29 is 9.18 Å². The number of benzene rings is 3. The lowest BCUT2D eigenvalue weighted by atomic mass is 9.95. The van der Waals surface area contributed by atoms with Crippen LogP contribution in [0.4, 0.5) is 4.39 Å². The molecule has 32 heavy (non-hydrogen) atoms. The van der Waals surface area contributed by atoms with Gasteiger partial charge in [0, 0.05) is 19.5 Å². The number of rotatable bonds is 4. The lowest BCUT2D eigenvalue weighted by Gasteiger charge is -2.30. The first kappa shape index (κ1) is 20.6. The van der Waals surface area contributed by atoms with Gasteiger partial charge in [-0.3, -0.25) is 9.69 Å². The molecule has 4 nitrogen and oxygen atoms in total. The minimum Gasteiger partial charge on any atom is -0.290 e. The van der Waals surface area contributed by atoms with Crippen molar-refractivity contribution in [2.75, 3.05) is 13.1 Å². The lowest BCUT2D eigenvalue weighted by molar-refractivity contribution is -0.134. The molecule has 2 aliphatic rings. The molecule has 0 aromatic heterocycles. The quantitative estimate of drug-likeness (QED) is 0.596. The minimum absolute atomic E-state index is 0.00486. The van der Waals surface area contributed by atoms with E-state index in [-0.39, 0.29) is 17.8 Å². The molecular formula is C27H26FN3O. The monoisotopic (exact) mass is 427 g/mol. The molecule has 2 heterocycles. The van der Waals surface area contributed by atoms with Crippen LogP contribution in [0.25, 0.3) is 0 Å². The average molecular weight is 428 g/mol. The highest BCUT2D eigenvalue weighted by Crippen LogP contribution is 2.34. The van der Waals surface area contributed by atoms with Crippen LogP contribution < -0.4 is 0 Å². The molecule has 0 saturated heterocycles. The van der Waals surface area contributed by atoms with Crippen molar-refractivity contribution in [1.29, 1.82) is 0 Å². The highest BCUT2D eigenvalue weighted by atomic mass is 19.1. The third-order valence-corrected chi connectivity index (χ3v) is 6.46. The molecule has 3 aromatic rings. The number of carbonyl (C=O) groups excluding carboxylic acids is 1. The molecule has 0 aliphatic carbocycles. The Labute approximate surface area is 188 Å². The van der Waals surface area contributed by atoms with Crippen molar-refractivity contribution in [1.82, 2.24) is 9.91 Å². The molecule has 0 saturated carbocycles. The Morgan fingerprint density at radius 2 is 1.72 bits per heavy atom. The Kier molecular flexibility index (Phi) is 5.58. The molecule has 162 valence electrons. The summed E-state index contributed by atoms with van der Waals surface area (Å²) in [5.41, 5.74) is 6.57. The topological polar surface area (TPSA) is 35.9 Å². The van der Waals surface area contributed by atoms with Crippen molar-refractivity contribution in [3.8, 4) is 0 Å². The molecule has 3 aromatic carbocycles. The van der Waals surface area contributed by atoms with Gasteiger partial charge in [0.25, 0.3) is 5.91 Å². The van der Waals surface area contributed by atoms with E-state index in [1.54, 1.807) is 17.1 Å². The zero-order valence-corrected chi connectivity index (χ0v) is 18.2. The molecule has 0 radical (unpaired) electrons. The van der Waals surface area contributed by atoms with E-state index in [0.717, 1.165) is 41.9 Å². The summed E-state index contributed by atoms with van der Waals surface area (Å²) in [7, 11) is 0. The van der Waals surface area contributed by atoms with Gasteiger partial charge in [0.05, 0.1) is 18.3 Å². The fourth-order valence-electron chi connectivity index (χ4n) is 4.71. The van der Waals surface area contributed by atoms with E-state index in [0.29, 0.717) is 13.0 Å². The summed E-state index contributed by atoms with van der Waals surface area (Å²) in [4.78, 5) is 15.7. The van der Waals surface area contributed by atoms with Gasteiger partial charge < -0.3 is 0 Å². The molecule has 0 N–H and O–H groups in total. The average Bonchev–Trinajstić information content (AvgIpc) is 3.25. The summed E-state index contributed by atoms with van der Waals surface area (Å²) >= 11 is 0. The van der Waals surface area contributed by atoms with Crippen LogP contribution in [0.3, 0.4) is 0 Å². The van der Waals surface area contributed by atoms with Crippen molar-refractivity contribution in [3.63, 3.8) is 0 Å². The third-order valence-electron chi connectivity index (χ3n) is 6.46. The summed E-state index contributed by atoms with van der Waals surface area (Å²) in [6.45, 7) is 4.03. The number of carbonyl (C=O) groups is 1. The maximum Gasteiger partial charge on any atom is 0.257 e. The number of nitrogens with zero attached hydrogens (tertiary/aromatic N) is 3. The maximum absolute atomic E-state index is 13.5. The van der Waals surface area contributed by atoms with Crippen molar-refractivity contribution >= 4 is 11.6 Å². The number of aryl methyl sites for hydroxylation is 1. The number of halogens is 1. The summed E-state index contributed by atoms with van der Waals surface area (Å²) in [6.07, 6.45) is 1.57. The van der Waals surface area contributed by atoms with Gasteiger partial charge in [0.1, 0.15) is 5.82 Å². The number of hydrogen-bond donors (Lipinski definition) is 0. The summed E-state index contributed by atoms with van der Waals surface area (Å²) in [5.74, 6) is -0.282. The molecule has 0 bridgehead atoms. The third kappa shape index (κ3) is 4.08. The smallest absolute Gasteiger partial charge is 0.257 e. The minimum atomic E-state index is -0.277. The first-order valence-electron chi connectivity index (χ1n) is 11.1. The van der Waals surface area contributed by atoms with Gasteiger partial charge in [-0.1, -0.05) is 60.7 Å². The van der Waals surface area contributed by atoms with Gasteiger partial charge in [0.2, 0.25) is 0 Å². The number of amides is 1. The van der Waals surface area contributed by atoms with E-state index >= 15 is 0 Å². The van der Waals surface area contributed by atoms with Gasteiger partial charge in [-0.05, 0) is 53.3 Å². The van der Waals surface area contributed by atoms with Crippen molar-refractivity contribution in [3.05, 3.63) is 106 Å². The van der Waals surface area contributed by atoms with Gasteiger partial charge in [0.15, 0.2) is 0 Å². The highest BCUT2D eigenvalue weighted by Gasteiger charge is 2.34. The zero-order valence-electron chi connectivity index (χ0n) is 18.2. The number of hydrazone groups is 1. The fraction of sp³-hybridized carbons (Fsp3) is 0.259. The molecule has 0 spiro atoms. The fourth-order valence-corrected chi connectivity index (χ4v) is 4.71. The van der Waals surface area contributed by atoms with Crippen LogP contribution in [0.5, 0.6) is 0 Å². The highest BCUT2D eigenvalue weighted by molar-refractivity contribution is 6.03. The van der Waals surface area contributed by atoms with E-state index in [1.807, 2.05) is 12.1 Å². The molecule has 5 rings (SSSR count). The van der Waals surface area contributed by atoms with Crippen LogP contribution in [0.2, 0.25) is 0 Å². The van der Waals surface area contributed by atoms with E-state index in [1.165, 1.54) is 23.3 Å². The van der Waals surface area contributed by atoms with Gasteiger partial charge in [-0.25, -0.2) is 9.40 Å². The standard InChI is InChI=1S/C27H26FN3O/c1-19-6-2-5-9-24(19)26-16-25(21-10-12-23(28)13-11-21)29-31(26)27(32)18-30-15-14-20-7-3-4-8-22(20)17-30/h2-13,26H,14-18H2,1H3/t26-/m1/s1. The molecule has 5 heteroatoms. The summed E-state index contributed by atoms with van der Waals surface area (Å²) in [5, 5.41) is 6.40. The van der Waals surface area contributed by atoms with Crippen LogP contribution in [-0.4, -0.2) is 34.6 Å². The van der Waals surface area contributed by atoms with Crippen molar-refractivity contribution in [2.45, 2.75) is 32.4 Å². The Morgan fingerprint density at radius 1 is 1.00 bits per heavy atom. The molecule has 1 amide bonds. The summed E-state index contributed by atoms with van der Waals surface area (Å²) < 4.78 is 13.4. The van der Waals surface area contributed by atoms with Gasteiger partial charge >= 0.3 is 0 Å². The maximum atomic E-state index is 13.5. The SMILES string of the molecule is Cc1ccccc1[C@H]1CC(c2ccc(F)cc2)=NN1C(=O)CN1CCc2ccccc2C1. The largest absolute Gasteiger partial charge is 0.290 e. The first-order valence-corrected chi connectivity index (χ1v) is 11.1. The van der Waals surface area contributed by atoms with Crippen LogP contribution in [-0.2, 0) is 17.8 Å². The first-order chi connectivity index (χ1) is 15.6. The lowest BCUT2D eigenvalue weighted by Crippen LogP contribution is -2.40. The second-order valence-electron chi connectivity index (χ2n) is 8.60. The van der Waals surface area contributed by atoms with Crippen LogP contribution in [0.1, 0.15) is 40.3 Å². The predicted octanol–water partition coefficient (Wildman–Crippen LogP) is 4.87. The number of hydrogen-bond acceptors (Lipinski definition) is 3. The van der Waals surface area contributed by atoms with Crippen molar-refractivity contribution in [2.24, 2.45) is 5.10 Å². The van der Waals surface area contributed by atoms with Gasteiger partial charge in [-0.2, -0.15) is 5.10 Å². The van der Waals surface area contributed by atoms with Crippen LogP contribution in [0, 0.1) is 12.7 Å². The Hall–Kier alpha value is -3.31. The van der Waals surface area contributed by atoms with E-state index in [4.69, 9.17) is 5.10 Å². The molecular weight excluding hydrogens is 401 g/mol. The Balaban J connectivity index is 1.41. The zero-order chi connectivity index (χ0) is 22.1. The predicted molar refractivity (Wildman–Crippen MR) is 124 cm³/mol.